The first kappa shape index (κ1) is 13.7. The van der Waals surface area contributed by atoms with Gasteiger partial charge in [0.2, 0.25) is 5.95 Å². The summed E-state index contributed by atoms with van der Waals surface area (Å²) in [7, 11) is 0. The second-order valence-electron chi connectivity index (χ2n) is 4.16. The Balaban J connectivity index is 2.83. The Bertz CT molecular complexity index is 695. The Morgan fingerprint density at radius 1 is 1.10 bits per heavy atom. The van der Waals surface area contributed by atoms with E-state index in [0.717, 1.165) is 12.3 Å². The van der Waals surface area contributed by atoms with Gasteiger partial charge in [-0.3, -0.25) is 0 Å². The molecule has 0 atom stereocenters. The summed E-state index contributed by atoms with van der Waals surface area (Å²) in [6, 6.07) is 5.10. The van der Waals surface area contributed by atoms with Crippen LogP contribution >= 0.6 is 0 Å². The van der Waals surface area contributed by atoms with Gasteiger partial charge in [-0.1, -0.05) is 6.07 Å². The van der Waals surface area contributed by atoms with Gasteiger partial charge >= 0.3 is 11.9 Å². The van der Waals surface area contributed by atoms with Crippen molar-refractivity contribution in [3.63, 3.8) is 0 Å². The first-order chi connectivity index (χ1) is 9.41. The number of carboxylic acids is 2. The van der Waals surface area contributed by atoms with Crippen LogP contribution in [0, 0.1) is 12.9 Å². The molecular weight excluding hydrogens is 265 g/mol. The average molecular weight is 275 g/mol. The van der Waals surface area contributed by atoms with E-state index in [0.29, 0.717) is 5.56 Å². The van der Waals surface area contributed by atoms with E-state index >= 15 is 0 Å². The fourth-order valence-electron chi connectivity index (χ4n) is 1.98. The molecule has 0 aliphatic carbocycles. The Hall–Kier alpha value is -2.76. The summed E-state index contributed by atoms with van der Waals surface area (Å²) < 4.78 is 12.9. The lowest BCUT2D eigenvalue weighted by molar-refractivity contribution is 0.0695. The number of aryl methyl sites for hydroxylation is 1. The van der Waals surface area contributed by atoms with Gasteiger partial charge in [0.15, 0.2) is 0 Å². The standard InChI is InChI=1S/C14H10FNO4/c1-7-2-4-9(13(17)18)12(11(7)14(19)20)8-3-5-10(15)16-6-8/h2-6H,1H3,(H,17,18)(H,19,20). The quantitative estimate of drug-likeness (QED) is 0.840. The molecule has 0 amide bonds. The van der Waals surface area contributed by atoms with Crippen molar-refractivity contribution < 1.29 is 24.2 Å². The third-order valence-corrected chi connectivity index (χ3v) is 2.87. The third kappa shape index (κ3) is 2.35. The number of hydrogen-bond donors (Lipinski definition) is 2. The maximum absolute atomic E-state index is 12.9. The van der Waals surface area contributed by atoms with Crippen molar-refractivity contribution in [1.82, 2.24) is 4.98 Å². The van der Waals surface area contributed by atoms with Gasteiger partial charge in [0, 0.05) is 17.3 Å². The number of halogens is 1. The SMILES string of the molecule is Cc1ccc(C(=O)O)c(-c2ccc(F)nc2)c1C(=O)O. The highest BCUT2D eigenvalue weighted by atomic mass is 19.1. The molecule has 0 fully saturated rings. The van der Waals surface area contributed by atoms with Gasteiger partial charge in [0.05, 0.1) is 11.1 Å². The first-order valence-corrected chi connectivity index (χ1v) is 5.64. The lowest BCUT2D eigenvalue weighted by atomic mass is 9.92. The maximum atomic E-state index is 12.9. The van der Waals surface area contributed by atoms with Crippen molar-refractivity contribution in [3.8, 4) is 11.1 Å². The zero-order chi connectivity index (χ0) is 14.9. The molecule has 0 aliphatic rings. The zero-order valence-electron chi connectivity index (χ0n) is 10.4. The van der Waals surface area contributed by atoms with E-state index in [1.165, 1.54) is 18.2 Å². The van der Waals surface area contributed by atoms with Crippen molar-refractivity contribution in [1.29, 1.82) is 0 Å². The number of aromatic carboxylic acids is 2. The van der Waals surface area contributed by atoms with Crippen molar-refractivity contribution in [2.24, 2.45) is 0 Å². The van der Waals surface area contributed by atoms with E-state index in [2.05, 4.69) is 4.98 Å². The minimum absolute atomic E-state index is 0.0255. The fourth-order valence-corrected chi connectivity index (χ4v) is 1.98. The lowest BCUT2D eigenvalue weighted by Gasteiger charge is -2.12. The van der Waals surface area contributed by atoms with E-state index in [1.54, 1.807) is 6.92 Å². The maximum Gasteiger partial charge on any atom is 0.336 e. The van der Waals surface area contributed by atoms with Crippen LogP contribution in [0.1, 0.15) is 26.3 Å². The van der Waals surface area contributed by atoms with Crippen molar-refractivity contribution in [2.45, 2.75) is 6.92 Å². The van der Waals surface area contributed by atoms with Crippen LogP contribution in [0.15, 0.2) is 30.5 Å². The Labute approximate surface area is 113 Å². The number of pyridine rings is 1. The fraction of sp³-hybridized carbons (Fsp3) is 0.0714. The molecule has 2 aromatic rings. The number of rotatable bonds is 3. The van der Waals surface area contributed by atoms with Gasteiger partial charge < -0.3 is 10.2 Å². The van der Waals surface area contributed by atoms with Crippen LogP contribution in [0.4, 0.5) is 4.39 Å². The molecule has 0 aliphatic heterocycles. The molecule has 2 rings (SSSR count). The Kier molecular flexibility index (Phi) is 3.47. The van der Waals surface area contributed by atoms with Gasteiger partial charge in [0.25, 0.3) is 0 Å². The largest absolute Gasteiger partial charge is 0.478 e. The number of hydrogen-bond acceptors (Lipinski definition) is 3. The third-order valence-electron chi connectivity index (χ3n) is 2.87. The molecule has 0 saturated carbocycles. The van der Waals surface area contributed by atoms with E-state index in [4.69, 9.17) is 0 Å². The molecule has 0 radical (unpaired) electrons. The van der Waals surface area contributed by atoms with Crippen LogP contribution in [-0.4, -0.2) is 27.1 Å². The number of nitrogens with zero attached hydrogens (tertiary/aromatic N) is 1. The van der Waals surface area contributed by atoms with Crippen molar-refractivity contribution >= 4 is 11.9 Å². The van der Waals surface area contributed by atoms with Gasteiger partial charge in [-0.05, 0) is 30.7 Å². The minimum Gasteiger partial charge on any atom is -0.478 e. The highest BCUT2D eigenvalue weighted by molar-refractivity contribution is 6.05. The zero-order valence-corrected chi connectivity index (χ0v) is 10.4. The normalized spacial score (nSPS) is 10.3. The summed E-state index contributed by atoms with van der Waals surface area (Å²) in [6.45, 7) is 1.57. The van der Waals surface area contributed by atoms with Gasteiger partial charge in [-0.15, -0.1) is 0 Å². The first-order valence-electron chi connectivity index (χ1n) is 5.64. The molecule has 0 unspecified atom stereocenters. The molecule has 6 heteroatoms. The summed E-state index contributed by atoms with van der Waals surface area (Å²) in [5, 5.41) is 18.5. The monoisotopic (exact) mass is 275 g/mol. The van der Waals surface area contributed by atoms with Crippen LogP contribution in [0.3, 0.4) is 0 Å². The molecule has 20 heavy (non-hydrogen) atoms. The van der Waals surface area contributed by atoms with Gasteiger partial charge in [-0.2, -0.15) is 4.39 Å². The molecule has 0 spiro atoms. The number of carbonyl (C=O) groups is 2. The number of carboxylic acid groups (broad SMARTS) is 2. The summed E-state index contributed by atoms with van der Waals surface area (Å²) in [6.07, 6.45) is 1.11. The molecule has 1 heterocycles. The molecule has 0 bridgehead atoms. The van der Waals surface area contributed by atoms with Gasteiger partial charge in [-0.25, -0.2) is 14.6 Å². The lowest BCUT2D eigenvalue weighted by Crippen LogP contribution is -2.09. The van der Waals surface area contributed by atoms with E-state index in [-0.39, 0.29) is 22.3 Å². The van der Waals surface area contributed by atoms with E-state index in [1.807, 2.05) is 0 Å². The molecule has 5 nitrogen and oxygen atoms in total. The Morgan fingerprint density at radius 2 is 1.80 bits per heavy atom. The van der Waals surface area contributed by atoms with Crippen LogP contribution < -0.4 is 0 Å². The highest BCUT2D eigenvalue weighted by Crippen LogP contribution is 2.30. The van der Waals surface area contributed by atoms with Crippen LogP contribution in [0.2, 0.25) is 0 Å². The van der Waals surface area contributed by atoms with Crippen LogP contribution in [0.25, 0.3) is 11.1 Å². The Morgan fingerprint density at radius 3 is 2.30 bits per heavy atom. The molecule has 1 aromatic heterocycles. The molecule has 0 saturated heterocycles. The van der Waals surface area contributed by atoms with E-state index < -0.39 is 17.9 Å². The highest BCUT2D eigenvalue weighted by Gasteiger charge is 2.22. The predicted octanol–water partition coefficient (Wildman–Crippen LogP) is 2.59. The number of aromatic nitrogens is 1. The second kappa shape index (κ2) is 5.08. The van der Waals surface area contributed by atoms with Crippen LogP contribution in [0.5, 0.6) is 0 Å². The summed E-state index contributed by atoms with van der Waals surface area (Å²) in [5.74, 6) is -3.23. The summed E-state index contributed by atoms with van der Waals surface area (Å²) in [4.78, 5) is 26.1. The van der Waals surface area contributed by atoms with Gasteiger partial charge in [0.1, 0.15) is 0 Å². The molecule has 1 aromatic carbocycles. The predicted molar refractivity (Wildman–Crippen MR) is 68.3 cm³/mol. The molecule has 102 valence electrons. The summed E-state index contributed by atoms with van der Waals surface area (Å²) in [5.41, 5.74) is 0.393. The number of benzene rings is 1. The smallest absolute Gasteiger partial charge is 0.336 e. The molecular formula is C14H10FNO4. The van der Waals surface area contributed by atoms with Crippen LogP contribution in [-0.2, 0) is 0 Å². The second-order valence-corrected chi connectivity index (χ2v) is 4.16. The average Bonchev–Trinajstić information content (AvgIpc) is 2.38. The minimum atomic E-state index is -1.26. The van der Waals surface area contributed by atoms with E-state index in [9.17, 15) is 24.2 Å². The summed E-state index contributed by atoms with van der Waals surface area (Å²) >= 11 is 0. The van der Waals surface area contributed by atoms with Crippen molar-refractivity contribution in [2.75, 3.05) is 0 Å². The van der Waals surface area contributed by atoms with Crippen molar-refractivity contribution in [3.05, 3.63) is 53.1 Å². The topological polar surface area (TPSA) is 87.5 Å². The molecule has 2 N–H and O–H groups in total.